The minimum Gasteiger partial charge on any atom is -0.336 e. The molecule has 1 aliphatic heterocycles. The van der Waals surface area contributed by atoms with Crippen LogP contribution < -0.4 is 0 Å². The monoisotopic (exact) mass is 390 g/mol. The van der Waals surface area contributed by atoms with Crippen molar-refractivity contribution < 1.29 is 13.2 Å². The number of amides is 1. The number of hydrogen-bond acceptors (Lipinski definition) is 5. The van der Waals surface area contributed by atoms with Crippen LogP contribution in [0.25, 0.3) is 5.65 Å². The minimum atomic E-state index is -3.00. The van der Waals surface area contributed by atoms with Gasteiger partial charge in [0, 0.05) is 36.0 Å². The summed E-state index contributed by atoms with van der Waals surface area (Å²) >= 11 is 0. The van der Waals surface area contributed by atoms with Gasteiger partial charge in [-0.25, -0.2) is 17.9 Å². The van der Waals surface area contributed by atoms with E-state index in [0.29, 0.717) is 19.3 Å². The Hall–Kier alpha value is -1.96. The van der Waals surface area contributed by atoms with E-state index in [1.165, 1.54) is 0 Å². The molecule has 1 aliphatic carbocycles. The number of carbonyl (C=O) groups excluding carboxylic acids is 1. The summed E-state index contributed by atoms with van der Waals surface area (Å²) in [5.41, 5.74) is 4.73. The van der Waals surface area contributed by atoms with Gasteiger partial charge in [-0.05, 0) is 52.0 Å². The third-order valence-corrected chi connectivity index (χ3v) is 7.46. The lowest BCUT2D eigenvalue weighted by Crippen LogP contribution is -2.42. The highest BCUT2D eigenvalue weighted by atomic mass is 32.2. The van der Waals surface area contributed by atoms with Gasteiger partial charge in [0.25, 0.3) is 0 Å². The van der Waals surface area contributed by atoms with E-state index < -0.39 is 9.84 Å². The van der Waals surface area contributed by atoms with Crippen LogP contribution in [0.3, 0.4) is 0 Å². The molecule has 8 heteroatoms. The summed E-state index contributed by atoms with van der Waals surface area (Å²) in [6.45, 7) is 5.92. The first-order valence-electron chi connectivity index (χ1n) is 9.59. The van der Waals surface area contributed by atoms with Crippen molar-refractivity contribution in [3.63, 3.8) is 0 Å². The zero-order chi connectivity index (χ0) is 19.3. The van der Waals surface area contributed by atoms with Crippen LogP contribution in [0.15, 0.2) is 6.07 Å². The van der Waals surface area contributed by atoms with Crippen LogP contribution in [0.2, 0.25) is 0 Å². The number of rotatable bonds is 5. The molecule has 1 amide bonds. The van der Waals surface area contributed by atoms with Crippen molar-refractivity contribution in [3.8, 4) is 0 Å². The van der Waals surface area contributed by atoms with Crippen molar-refractivity contribution in [3.05, 3.63) is 28.7 Å². The molecule has 1 saturated heterocycles. The van der Waals surface area contributed by atoms with E-state index in [1.54, 1.807) is 0 Å². The van der Waals surface area contributed by atoms with Crippen molar-refractivity contribution in [2.75, 3.05) is 11.5 Å². The molecular formula is C19H26N4O3S. The van der Waals surface area contributed by atoms with Gasteiger partial charge in [-0.2, -0.15) is 5.10 Å². The average Bonchev–Trinajstić information content (AvgIpc) is 3.24. The highest BCUT2D eigenvalue weighted by molar-refractivity contribution is 7.91. The van der Waals surface area contributed by atoms with Crippen molar-refractivity contribution in [2.24, 2.45) is 0 Å². The fraction of sp³-hybridized carbons (Fsp3) is 0.632. The van der Waals surface area contributed by atoms with Gasteiger partial charge >= 0.3 is 0 Å². The van der Waals surface area contributed by atoms with E-state index in [2.05, 4.69) is 10.1 Å². The first-order chi connectivity index (χ1) is 12.7. The SMILES string of the molecule is Cc1cc2nc(C)c(CCC(=O)N(C3CC3)C3CCS(=O)(=O)C3)c(C)n2n1. The highest BCUT2D eigenvalue weighted by Gasteiger charge is 2.41. The van der Waals surface area contributed by atoms with Crippen LogP contribution in [0.4, 0.5) is 0 Å². The van der Waals surface area contributed by atoms with Gasteiger partial charge in [0.15, 0.2) is 15.5 Å². The van der Waals surface area contributed by atoms with E-state index in [-0.39, 0.29) is 29.5 Å². The zero-order valence-electron chi connectivity index (χ0n) is 16.1. The second-order valence-corrected chi connectivity index (χ2v) is 10.1. The normalized spacial score (nSPS) is 21.7. The van der Waals surface area contributed by atoms with Crippen LogP contribution in [-0.2, 0) is 21.1 Å². The van der Waals surface area contributed by atoms with Gasteiger partial charge in [-0.3, -0.25) is 4.79 Å². The third-order valence-electron chi connectivity index (χ3n) is 5.71. The Kier molecular flexibility index (Phi) is 4.49. The third kappa shape index (κ3) is 3.59. The Bertz CT molecular complexity index is 1010. The number of sulfone groups is 1. The molecule has 3 heterocycles. The first kappa shape index (κ1) is 18.4. The molecule has 0 radical (unpaired) electrons. The lowest BCUT2D eigenvalue weighted by Gasteiger charge is -2.28. The predicted molar refractivity (Wildman–Crippen MR) is 102 cm³/mol. The fourth-order valence-electron chi connectivity index (χ4n) is 4.22. The maximum Gasteiger partial charge on any atom is 0.223 e. The Labute approximate surface area is 159 Å². The van der Waals surface area contributed by atoms with E-state index >= 15 is 0 Å². The van der Waals surface area contributed by atoms with Gasteiger partial charge < -0.3 is 4.90 Å². The maximum atomic E-state index is 13.0. The smallest absolute Gasteiger partial charge is 0.223 e. The van der Waals surface area contributed by atoms with Crippen molar-refractivity contribution in [1.82, 2.24) is 19.5 Å². The second kappa shape index (κ2) is 6.58. The summed E-state index contributed by atoms with van der Waals surface area (Å²) in [7, 11) is -3.00. The number of aryl methyl sites for hydroxylation is 3. The topological polar surface area (TPSA) is 84.6 Å². The summed E-state index contributed by atoms with van der Waals surface area (Å²) < 4.78 is 25.5. The lowest BCUT2D eigenvalue weighted by atomic mass is 10.1. The first-order valence-corrected chi connectivity index (χ1v) is 11.4. The number of hydrogen-bond donors (Lipinski definition) is 0. The molecule has 0 bridgehead atoms. The van der Waals surface area contributed by atoms with E-state index in [9.17, 15) is 13.2 Å². The van der Waals surface area contributed by atoms with Crippen LogP contribution >= 0.6 is 0 Å². The molecular weight excluding hydrogens is 364 g/mol. The maximum absolute atomic E-state index is 13.0. The van der Waals surface area contributed by atoms with Crippen LogP contribution in [0.1, 0.15) is 48.3 Å². The molecule has 2 fully saturated rings. The zero-order valence-corrected chi connectivity index (χ0v) is 16.9. The molecule has 7 nitrogen and oxygen atoms in total. The number of aromatic nitrogens is 3. The number of fused-ring (bicyclic) bond motifs is 1. The largest absolute Gasteiger partial charge is 0.336 e. The summed E-state index contributed by atoms with van der Waals surface area (Å²) in [5, 5.41) is 4.49. The molecule has 2 aliphatic rings. The van der Waals surface area contributed by atoms with Crippen molar-refractivity contribution >= 4 is 21.4 Å². The van der Waals surface area contributed by atoms with Crippen molar-refractivity contribution in [1.29, 1.82) is 0 Å². The molecule has 27 heavy (non-hydrogen) atoms. The van der Waals surface area contributed by atoms with Crippen LogP contribution in [0, 0.1) is 20.8 Å². The molecule has 1 atom stereocenters. The van der Waals surface area contributed by atoms with Gasteiger partial charge in [-0.1, -0.05) is 0 Å². The van der Waals surface area contributed by atoms with E-state index in [4.69, 9.17) is 0 Å². The van der Waals surface area contributed by atoms with E-state index in [0.717, 1.165) is 41.1 Å². The molecule has 0 N–H and O–H groups in total. The van der Waals surface area contributed by atoms with Gasteiger partial charge in [0.2, 0.25) is 5.91 Å². The Morgan fingerprint density at radius 3 is 2.59 bits per heavy atom. The lowest BCUT2D eigenvalue weighted by molar-refractivity contribution is -0.133. The molecule has 4 rings (SSSR count). The minimum absolute atomic E-state index is 0.0649. The molecule has 146 valence electrons. The number of carbonyl (C=O) groups is 1. The van der Waals surface area contributed by atoms with E-state index in [1.807, 2.05) is 36.3 Å². The summed E-state index contributed by atoms with van der Waals surface area (Å²) in [6, 6.07) is 2.03. The fourth-order valence-corrected chi connectivity index (χ4v) is 5.93. The molecule has 2 aromatic heterocycles. The van der Waals surface area contributed by atoms with Crippen molar-refractivity contribution in [2.45, 2.75) is 65.0 Å². The Balaban J connectivity index is 1.52. The second-order valence-electron chi connectivity index (χ2n) is 7.91. The predicted octanol–water partition coefficient (Wildman–Crippen LogP) is 1.77. The molecule has 2 aromatic rings. The molecule has 0 aromatic carbocycles. The molecule has 1 unspecified atom stereocenters. The summed E-state index contributed by atoms with van der Waals surface area (Å²) in [6.07, 6.45) is 3.52. The van der Waals surface area contributed by atoms with Gasteiger partial charge in [-0.15, -0.1) is 0 Å². The Morgan fingerprint density at radius 2 is 1.96 bits per heavy atom. The summed E-state index contributed by atoms with van der Waals surface area (Å²) in [5.74, 6) is 0.383. The Morgan fingerprint density at radius 1 is 1.22 bits per heavy atom. The van der Waals surface area contributed by atoms with Crippen LogP contribution in [-0.4, -0.2) is 57.4 Å². The number of nitrogens with zero attached hydrogens (tertiary/aromatic N) is 4. The summed E-state index contributed by atoms with van der Waals surface area (Å²) in [4.78, 5) is 19.5. The van der Waals surface area contributed by atoms with Gasteiger partial charge in [0.05, 0.1) is 17.2 Å². The molecule has 1 saturated carbocycles. The van der Waals surface area contributed by atoms with Gasteiger partial charge in [0.1, 0.15) is 0 Å². The standard InChI is InChI=1S/C19H26N4O3S/c1-12-10-18-20-13(2)17(14(3)23(18)21-12)6-7-19(24)22(15-4-5-15)16-8-9-27(25,26)11-16/h10,15-16H,4-9,11H2,1-3H3. The average molecular weight is 391 g/mol. The van der Waals surface area contributed by atoms with Crippen LogP contribution in [0.5, 0.6) is 0 Å². The highest BCUT2D eigenvalue weighted by Crippen LogP contribution is 2.33. The quantitative estimate of drug-likeness (QED) is 0.777. The molecule has 0 spiro atoms.